The van der Waals surface area contributed by atoms with E-state index < -0.39 is 5.82 Å². The highest BCUT2D eigenvalue weighted by Gasteiger charge is 2.25. The smallest absolute Gasteiger partial charge is 0.255 e. The number of likely N-dealkylation sites (tertiary alicyclic amines) is 1. The lowest BCUT2D eigenvalue weighted by Gasteiger charge is -2.32. The Labute approximate surface area is 134 Å². The Kier molecular flexibility index (Phi) is 5.85. The number of nitrogens with one attached hydrogen (secondary N) is 1. The van der Waals surface area contributed by atoms with Gasteiger partial charge in [-0.05, 0) is 50.9 Å². The normalized spacial score (nSPS) is 16.3. The summed E-state index contributed by atoms with van der Waals surface area (Å²) in [5.74, 6) is -0.199. The summed E-state index contributed by atoms with van der Waals surface area (Å²) in [5.41, 5.74) is 0.187. The van der Waals surface area contributed by atoms with Gasteiger partial charge in [0, 0.05) is 13.1 Å². The van der Waals surface area contributed by atoms with Gasteiger partial charge in [0.2, 0.25) is 0 Å². The van der Waals surface area contributed by atoms with E-state index in [0.717, 1.165) is 31.9 Å². The Bertz CT molecular complexity index is 517. The van der Waals surface area contributed by atoms with Crippen LogP contribution in [0.5, 0.6) is 0 Å². The van der Waals surface area contributed by atoms with Gasteiger partial charge in [-0.3, -0.25) is 4.79 Å². The third kappa shape index (κ3) is 4.09. The van der Waals surface area contributed by atoms with E-state index in [-0.39, 0.29) is 21.5 Å². The largest absolute Gasteiger partial charge is 0.339 e. The van der Waals surface area contributed by atoms with E-state index >= 15 is 0 Å². The maximum Gasteiger partial charge on any atom is 0.255 e. The highest BCUT2D eigenvalue weighted by Crippen LogP contribution is 2.27. The summed E-state index contributed by atoms with van der Waals surface area (Å²) in [6, 6.07) is 2.41. The van der Waals surface area contributed by atoms with Crippen molar-refractivity contribution >= 4 is 29.1 Å². The highest BCUT2D eigenvalue weighted by atomic mass is 35.5. The zero-order chi connectivity index (χ0) is 15.4. The first-order valence-electron chi connectivity index (χ1n) is 7.11. The zero-order valence-corrected chi connectivity index (χ0v) is 13.5. The number of hydrogen-bond donors (Lipinski definition) is 1. The lowest BCUT2D eigenvalue weighted by Crippen LogP contribution is -2.39. The summed E-state index contributed by atoms with van der Waals surface area (Å²) >= 11 is 11.7. The predicted octanol–water partition coefficient (Wildman–Crippen LogP) is 3.59. The Morgan fingerprint density at radius 3 is 2.62 bits per heavy atom. The molecule has 1 N–H and O–H groups in total. The van der Waals surface area contributed by atoms with Gasteiger partial charge >= 0.3 is 0 Å². The zero-order valence-electron chi connectivity index (χ0n) is 12.0. The van der Waals surface area contributed by atoms with Gasteiger partial charge in [0.15, 0.2) is 0 Å². The Balaban J connectivity index is 2.00. The number of nitrogens with zero attached hydrogens (tertiary/aromatic N) is 1. The molecule has 1 aliphatic rings. The molecule has 0 radical (unpaired) electrons. The van der Waals surface area contributed by atoms with Gasteiger partial charge in [-0.1, -0.05) is 23.2 Å². The summed E-state index contributed by atoms with van der Waals surface area (Å²) in [7, 11) is 1.94. The van der Waals surface area contributed by atoms with Crippen LogP contribution in [-0.4, -0.2) is 37.5 Å². The van der Waals surface area contributed by atoms with Crippen LogP contribution in [0.4, 0.5) is 4.39 Å². The van der Waals surface area contributed by atoms with E-state index in [2.05, 4.69) is 5.32 Å². The van der Waals surface area contributed by atoms with E-state index in [0.29, 0.717) is 19.0 Å². The number of carbonyl (C=O) groups is 1. The van der Waals surface area contributed by atoms with Crippen molar-refractivity contribution in [2.24, 2.45) is 5.92 Å². The Hall–Kier alpha value is -0.840. The molecule has 0 unspecified atom stereocenters. The topological polar surface area (TPSA) is 32.3 Å². The molecule has 6 heteroatoms. The average molecular weight is 333 g/mol. The summed E-state index contributed by atoms with van der Waals surface area (Å²) in [6.07, 6.45) is 3.07. The van der Waals surface area contributed by atoms with Crippen molar-refractivity contribution in [2.75, 3.05) is 26.7 Å². The Morgan fingerprint density at radius 1 is 1.33 bits per heavy atom. The molecule has 1 saturated heterocycles. The lowest BCUT2D eigenvalue weighted by molar-refractivity contribution is 0.0687. The van der Waals surface area contributed by atoms with E-state index in [1.807, 2.05) is 7.05 Å². The average Bonchev–Trinajstić information content (AvgIpc) is 2.48. The van der Waals surface area contributed by atoms with Gasteiger partial charge in [-0.15, -0.1) is 0 Å². The molecule has 0 saturated carbocycles. The van der Waals surface area contributed by atoms with Crippen LogP contribution in [0.25, 0.3) is 0 Å². The molecule has 116 valence electrons. The van der Waals surface area contributed by atoms with Crippen LogP contribution in [-0.2, 0) is 0 Å². The first-order chi connectivity index (χ1) is 10.0. The fourth-order valence-electron chi connectivity index (χ4n) is 2.63. The van der Waals surface area contributed by atoms with Crippen molar-refractivity contribution in [1.29, 1.82) is 0 Å². The van der Waals surface area contributed by atoms with Gasteiger partial charge in [-0.25, -0.2) is 4.39 Å². The molecule has 2 rings (SSSR count). The molecule has 0 aliphatic carbocycles. The lowest BCUT2D eigenvalue weighted by atomic mass is 9.93. The summed E-state index contributed by atoms with van der Waals surface area (Å²) in [6.45, 7) is 2.37. The third-order valence-electron chi connectivity index (χ3n) is 3.94. The maximum atomic E-state index is 13.5. The predicted molar refractivity (Wildman–Crippen MR) is 83.6 cm³/mol. The molecular formula is C15H19Cl2FN2O. The number of amides is 1. The van der Waals surface area contributed by atoms with E-state index in [4.69, 9.17) is 23.2 Å². The third-order valence-corrected chi connectivity index (χ3v) is 4.55. The SMILES string of the molecule is CNCCC1CCN(C(=O)c2cc(F)c(Cl)cc2Cl)CC1. The maximum absolute atomic E-state index is 13.5. The molecule has 0 spiro atoms. The second-order valence-electron chi connectivity index (χ2n) is 5.37. The van der Waals surface area contributed by atoms with Gasteiger partial charge in [0.05, 0.1) is 15.6 Å². The van der Waals surface area contributed by atoms with E-state index in [9.17, 15) is 9.18 Å². The van der Waals surface area contributed by atoms with Crippen molar-refractivity contribution < 1.29 is 9.18 Å². The van der Waals surface area contributed by atoms with Crippen LogP contribution in [0.15, 0.2) is 12.1 Å². The fourth-order valence-corrected chi connectivity index (χ4v) is 3.09. The first kappa shape index (κ1) is 16.5. The second kappa shape index (κ2) is 7.43. The molecule has 0 atom stereocenters. The minimum absolute atomic E-state index is 0.0673. The van der Waals surface area contributed by atoms with Crippen LogP contribution in [0, 0.1) is 11.7 Å². The minimum atomic E-state index is -0.617. The number of carbonyl (C=O) groups excluding carboxylic acids is 1. The molecule has 1 heterocycles. The molecule has 1 aromatic rings. The molecule has 1 amide bonds. The summed E-state index contributed by atoms with van der Waals surface area (Å²) in [5, 5.41) is 3.27. The van der Waals surface area contributed by atoms with Gasteiger partial charge in [0.1, 0.15) is 5.82 Å². The molecule has 0 bridgehead atoms. The molecule has 1 aromatic carbocycles. The molecule has 3 nitrogen and oxygen atoms in total. The monoisotopic (exact) mass is 332 g/mol. The number of halogens is 3. The number of piperidine rings is 1. The molecule has 1 fully saturated rings. The standard InChI is InChI=1S/C15H19Cl2FN2O/c1-19-5-2-10-3-6-20(7-4-10)15(21)11-8-14(18)13(17)9-12(11)16/h8-10,19H,2-7H2,1H3. The van der Waals surface area contributed by atoms with E-state index in [1.165, 1.54) is 6.07 Å². The van der Waals surface area contributed by atoms with Crippen molar-refractivity contribution in [2.45, 2.75) is 19.3 Å². The van der Waals surface area contributed by atoms with Gasteiger partial charge in [-0.2, -0.15) is 0 Å². The van der Waals surface area contributed by atoms with Crippen molar-refractivity contribution in [3.05, 3.63) is 33.6 Å². The van der Waals surface area contributed by atoms with Crippen molar-refractivity contribution in [1.82, 2.24) is 10.2 Å². The molecular weight excluding hydrogens is 314 g/mol. The van der Waals surface area contributed by atoms with Gasteiger partial charge < -0.3 is 10.2 Å². The summed E-state index contributed by atoms with van der Waals surface area (Å²) in [4.78, 5) is 14.2. The molecule has 1 aliphatic heterocycles. The number of hydrogen-bond acceptors (Lipinski definition) is 2. The second-order valence-corrected chi connectivity index (χ2v) is 6.19. The van der Waals surface area contributed by atoms with Crippen molar-refractivity contribution in [3.8, 4) is 0 Å². The van der Waals surface area contributed by atoms with Crippen LogP contribution < -0.4 is 5.32 Å². The summed E-state index contributed by atoms with van der Waals surface area (Å²) < 4.78 is 13.5. The minimum Gasteiger partial charge on any atom is -0.339 e. The van der Waals surface area contributed by atoms with Crippen LogP contribution >= 0.6 is 23.2 Å². The van der Waals surface area contributed by atoms with Crippen LogP contribution in [0.3, 0.4) is 0 Å². The first-order valence-corrected chi connectivity index (χ1v) is 7.87. The quantitative estimate of drug-likeness (QED) is 0.854. The van der Waals surface area contributed by atoms with E-state index in [1.54, 1.807) is 4.90 Å². The fraction of sp³-hybridized carbons (Fsp3) is 0.533. The number of benzene rings is 1. The molecule has 0 aromatic heterocycles. The van der Waals surface area contributed by atoms with Crippen LogP contribution in [0.2, 0.25) is 10.0 Å². The molecule has 21 heavy (non-hydrogen) atoms. The Morgan fingerprint density at radius 2 is 2.00 bits per heavy atom. The van der Waals surface area contributed by atoms with Crippen molar-refractivity contribution in [3.63, 3.8) is 0 Å². The number of rotatable bonds is 4. The van der Waals surface area contributed by atoms with Gasteiger partial charge in [0.25, 0.3) is 5.91 Å². The highest BCUT2D eigenvalue weighted by molar-refractivity contribution is 6.36. The van der Waals surface area contributed by atoms with Crippen LogP contribution in [0.1, 0.15) is 29.6 Å².